The summed E-state index contributed by atoms with van der Waals surface area (Å²) in [5, 5.41) is 11.8. The number of halogens is 1. The number of hydrogen-bond acceptors (Lipinski definition) is 9. The SMILES string of the molecule is CCOC(=O)OCC(=O)[C@@]1(OC(=O)OCC)[C@H](C)C[C@H]2[C@@H]3CCC4=CC(=O)C=C[C@]4(C)[C@@]3(Cl)C(O)C[C@@]21C. The van der Waals surface area contributed by atoms with Crippen LogP contribution in [0.15, 0.2) is 23.8 Å². The largest absolute Gasteiger partial charge is 0.509 e. The molecule has 4 aliphatic rings. The molecule has 3 fully saturated rings. The first kappa shape index (κ1) is 28.6. The summed E-state index contributed by atoms with van der Waals surface area (Å²) in [7, 11) is 0. The molecule has 0 heterocycles. The molecule has 0 radical (unpaired) electrons. The van der Waals surface area contributed by atoms with E-state index in [0.29, 0.717) is 19.3 Å². The van der Waals surface area contributed by atoms with Crippen LogP contribution in [0.25, 0.3) is 0 Å². The summed E-state index contributed by atoms with van der Waals surface area (Å²) >= 11 is 7.48. The Morgan fingerprint density at radius 3 is 2.39 bits per heavy atom. The second-order valence-electron chi connectivity index (χ2n) is 11.3. The Morgan fingerprint density at radius 1 is 1.08 bits per heavy atom. The van der Waals surface area contributed by atoms with E-state index in [1.165, 1.54) is 6.08 Å². The van der Waals surface area contributed by atoms with Crippen molar-refractivity contribution in [3.63, 3.8) is 0 Å². The van der Waals surface area contributed by atoms with Crippen LogP contribution in [0.2, 0.25) is 0 Å². The fraction of sp³-hybridized carbons (Fsp3) is 0.714. The minimum absolute atomic E-state index is 0.0471. The van der Waals surface area contributed by atoms with Gasteiger partial charge in [0.2, 0.25) is 5.78 Å². The topological polar surface area (TPSA) is 125 Å². The number of alkyl halides is 1. The minimum atomic E-state index is -1.73. The van der Waals surface area contributed by atoms with Gasteiger partial charge in [0.1, 0.15) is 0 Å². The van der Waals surface area contributed by atoms with Crippen molar-refractivity contribution < 1.29 is 43.2 Å². The maximum absolute atomic E-state index is 13.9. The van der Waals surface area contributed by atoms with Crippen molar-refractivity contribution in [3.05, 3.63) is 23.8 Å². The second kappa shape index (κ2) is 9.97. The van der Waals surface area contributed by atoms with Gasteiger partial charge in [-0.1, -0.05) is 32.4 Å². The van der Waals surface area contributed by atoms with Crippen LogP contribution < -0.4 is 0 Å². The van der Waals surface area contributed by atoms with E-state index in [1.807, 2.05) is 20.8 Å². The summed E-state index contributed by atoms with van der Waals surface area (Å²) in [6.45, 7) is 8.33. The van der Waals surface area contributed by atoms with Gasteiger partial charge in [-0.2, -0.15) is 0 Å². The van der Waals surface area contributed by atoms with Crippen molar-refractivity contribution in [2.24, 2.45) is 28.6 Å². The molecule has 3 saturated carbocycles. The summed E-state index contributed by atoms with van der Waals surface area (Å²) < 4.78 is 20.9. The van der Waals surface area contributed by atoms with Gasteiger partial charge in [0.05, 0.1) is 24.2 Å². The number of carbonyl (C=O) groups excluding carboxylic acids is 4. The van der Waals surface area contributed by atoms with E-state index < -0.39 is 58.0 Å². The fourth-order valence-corrected chi connectivity index (χ4v) is 8.59. The Kier molecular flexibility index (Phi) is 7.51. The molecule has 0 aromatic carbocycles. The van der Waals surface area contributed by atoms with Crippen LogP contribution in [0.5, 0.6) is 0 Å². The monoisotopic (exact) mass is 552 g/mol. The van der Waals surface area contributed by atoms with Crippen molar-refractivity contribution >= 4 is 35.5 Å². The lowest BCUT2D eigenvalue weighted by molar-refractivity contribution is -0.185. The maximum atomic E-state index is 13.9. The molecular formula is C28H37ClO9. The highest BCUT2D eigenvalue weighted by Gasteiger charge is 2.76. The zero-order chi connectivity index (χ0) is 28.1. The Labute approximate surface area is 227 Å². The quantitative estimate of drug-likeness (QED) is 0.373. The van der Waals surface area contributed by atoms with Crippen molar-refractivity contribution in [1.82, 2.24) is 0 Å². The normalized spacial score (nSPS) is 41.2. The highest BCUT2D eigenvalue weighted by Crippen LogP contribution is 2.72. The first-order chi connectivity index (χ1) is 17.8. The van der Waals surface area contributed by atoms with E-state index in [-0.39, 0.29) is 37.3 Å². The van der Waals surface area contributed by atoms with Crippen LogP contribution in [-0.4, -0.2) is 65.4 Å². The molecule has 0 aromatic heterocycles. The third-order valence-corrected chi connectivity index (χ3v) is 10.6. The number of aliphatic hydroxyl groups is 1. The number of allylic oxidation sites excluding steroid dienone is 4. The van der Waals surface area contributed by atoms with Gasteiger partial charge >= 0.3 is 12.3 Å². The van der Waals surface area contributed by atoms with Gasteiger partial charge in [-0.25, -0.2) is 9.59 Å². The fourth-order valence-electron chi connectivity index (χ4n) is 8.07. The highest BCUT2D eigenvalue weighted by atomic mass is 35.5. The van der Waals surface area contributed by atoms with E-state index >= 15 is 0 Å². The number of Topliss-reactive ketones (excluding diaryl/α,β-unsaturated/α-hetero) is 1. The molecule has 0 saturated heterocycles. The van der Waals surface area contributed by atoms with Gasteiger partial charge in [-0.05, 0) is 63.5 Å². The van der Waals surface area contributed by atoms with Crippen LogP contribution in [0.4, 0.5) is 9.59 Å². The summed E-state index contributed by atoms with van der Waals surface area (Å²) in [5.41, 5.74) is -2.65. The molecular weight excluding hydrogens is 516 g/mol. The molecule has 4 aliphatic carbocycles. The van der Waals surface area contributed by atoms with Gasteiger partial charge in [-0.3, -0.25) is 9.59 Å². The standard InChI is InChI=1S/C28H37ClO9/c1-6-35-23(33)37-15-22(32)28(38-24(34)36-7-2)16(3)12-20-19-9-8-17-13-18(30)10-11-25(17,4)27(19,29)21(31)14-26(20,28)5/h10-11,13,16,19-21,31H,6-9,12,14-15H2,1-5H3/t16-,19+,20+,21?,25+,26+,27+,28+/m1/s1. The van der Waals surface area contributed by atoms with E-state index in [1.54, 1.807) is 26.0 Å². The third kappa shape index (κ3) is 3.91. The number of ether oxygens (including phenoxy) is 4. The molecule has 1 unspecified atom stereocenters. The van der Waals surface area contributed by atoms with Gasteiger partial charge in [0.15, 0.2) is 18.0 Å². The number of fused-ring (bicyclic) bond motifs is 5. The van der Waals surface area contributed by atoms with Crippen LogP contribution >= 0.6 is 11.6 Å². The Hall–Kier alpha value is -2.39. The van der Waals surface area contributed by atoms with E-state index in [2.05, 4.69) is 0 Å². The molecule has 210 valence electrons. The van der Waals surface area contributed by atoms with E-state index in [4.69, 9.17) is 30.5 Å². The average molecular weight is 553 g/mol. The third-order valence-electron chi connectivity index (χ3n) is 9.69. The van der Waals surface area contributed by atoms with Crippen LogP contribution in [0.3, 0.4) is 0 Å². The molecule has 0 aromatic rings. The lowest BCUT2D eigenvalue weighted by Crippen LogP contribution is -2.69. The number of ketones is 2. The number of rotatable bonds is 6. The zero-order valence-electron chi connectivity index (χ0n) is 22.6. The van der Waals surface area contributed by atoms with Crippen molar-refractivity contribution in [3.8, 4) is 0 Å². The zero-order valence-corrected chi connectivity index (χ0v) is 23.3. The van der Waals surface area contributed by atoms with E-state index in [9.17, 15) is 24.3 Å². The molecule has 9 nitrogen and oxygen atoms in total. The molecule has 0 spiro atoms. The van der Waals surface area contributed by atoms with Crippen molar-refractivity contribution in [2.75, 3.05) is 19.8 Å². The molecule has 0 aliphatic heterocycles. The molecule has 38 heavy (non-hydrogen) atoms. The van der Waals surface area contributed by atoms with Gasteiger partial charge in [0.25, 0.3) is 0 Å². The number of hydrogen-bond donors (Lipinski definition) is 1. The van der Waals surface area contributed by atoms with Gasteiger partial charge < -0.3 is 24.1 Å². The summed E-state index contributed by atoms with van der Waals surface area (Å²) in [6, 6.07) is 0. The van der Waals surface area contributed by atoms with Gasteiger partial charge in [0, 0.05) is 16.7 Å². The average Bonchev–Trinajstić information content (AvgIpc) is 3.06. The highest BCUT2D eigenvalue weighted by molar-refractivity contribution is 6.26. The van der Waals surface area contributed by atoms with Crippen LogP contribution in [0, 0.1) is 28.6 Å². The predicted octanol–water partition coefficient (Wildman–Crippen LogP) is 4.53. The Bertz CT molecular complexity index is 1080. The molecule has 4 rings (SSSR count). The van der Waals surface area contributed by atoms with E-state index in [0.717, 1.165) is 5.57 Å². The maximum Gasteiger partial charge on any atom is 0.509 e. The molecule has 10 heteroatoms. The first-order valence-electron chi connectivity index (χ1n) is 13.3. The molecule has 1 N–H and O–H groups in total. The number of aliphatic hydroxyl groups excluding tert-OH is 1. The van der Waals surface area contributed by atoms with Crippen LogP contribution in [-0.2, 0) is 28.5 Å². The smallest absolute Gasteiger partial charge is 0.435 e. The predicted molar refractivity (Wildman–Crippen MR) is 136 cm³/mol. The summed E-state index contributed by atoms with van der Waals surface area (Å²) in [6.07, 6.45) is 3.57. The van der Waals surface area contributed by atoms with Gasteiger partial charge in [-0.15, -0.1) is 11.6 Å². The summed E-state index contributed by atoms with van der Waals surface area (Å²) in [4.78, 5) is 49.6. The second-order valence-corrected chi connectivity index (χ2v) is 11.9. The van der Waals surface area contributed by atoms with Crippen molar-refractivity contribution in [1.29, 1.82) is 0 Å². The van der Waals surface area contributed by atoms with Crippen LogP contribution in [0.1, 0.15) is 60.3 Å². The lowest BCUT2D eigenvalue weighted by Gasteiger charge is -2.64. The molecule has 8 atom stereocenters. The molecule has 0 bridgehead atoms. The first-order valence-corrected chi connectivity index (χ1v) is 13.7. The lowest BCUT2D eigenvalue weighted by atomic mass is 9.45. The van der Waals surface area contributed by atoms with Crippen molar-refractivity contribution in [2.45, 2.75) is 76.9 Å². The Balaban J connectivity index is 1.77. The summed E-state index contributed by atoms with van der Waals surface area (Å²) in [5.74, 6) is -1.67. The molecule has 0 amide bonds. The number of carbonyl (C=O) groups is 4. The minimum Gasteiger partial charge on any atom is -0.435 e. The Morgan fingerprint density at radius 2 is 1.74 bits per heavy atom.